The summed E-state index contributed by atoms with van der Waals surface area (Å²) >= 11 is 5.87. The third-order valence-electron chi connectivity index (χ3n) is 3.51. The number of anilines is 1. The van der Waals surface area contributed by atoms with Gasteiger partial charge >= 0.3 is 6.18 Å². The highest BCUT2D eigenvalue weighted by molar-refractivity contribution is 6.34. The molecule has 2 aromatic carbocycles. The molecule has 0 radical (unpaired) electrons. The topological polar surface area (TPSA) is 42.2 Å². The molecule has 0 unspecified atom stereocenters. The average molecular weight is 354 g/mol. The van der Waals surface area contributed by atoms with Gasteiger partial charge in [0.1, 0.15) is 5.58 Å². The SMILES string of the molecule is Cc1cccc2cc(C(=O)Nc3cc(C(F)(F)F)ccc3Cl)oc12. The summed E-state index contributed by atoms with van der Waals surface area (Å²) in [5.74, 6) is -0.681. The number of fused-ring (bicyclic) bond motifs is 1. The van der Waals surface area contributed by atoms with Crippen LogP contribution in [-0.2, 0) is 6.18 Å². The molecule has 0 aliphatic heterocycles. The number of benzene rings is 2. The fourth-order valence-electron chi connectivity index (χ4n) is 2.30. The molecule has 3 rings (SSSR count). The highest BCUT2D eigenvalue weighted by atomic mass is 35.5. The molecule has 0 atom stereocenters. The quantitative estimate of drug-likeness (QED) is 0.645. The summed E-state index contributed by atoms with van der Waals surface area (Å²) in [5.41, 5.74) is 0.373. The summed E-state index contributed by atoms with van der Waals surface area (Å²) in [6.45, 7) is 1.83. The van der Waals surface area contributed by atoms with Crippen molar-refractivity contribution < 1.29 is 22.4 Å². The van der Waals surface area contributed by atoms with Gasteiger partial charge in [0.25, 0.3) is 5.91 Å². The van der Waals surface area contributed by atoms with Crippen LogP contribution in [0.4, 0.5) is 18.9 Å². The van der Waals surface area contributed by atoms with Gasteiger partial charge in [-0.05, 0) is 36.8 Å². The lowest BCUT2D eigenvalue weighted by Crippen LogP contribution is -2.13. The van der Waals surface area contributed by atoms with Crippen LogP contribution in [0.2, 0.25) is 5.02 Å². The third kappa shape index (κ3) is 3.10. The number of carbonyl (C=O) groups excluding carboxylic acids is 1. The number of nitrogens with one attached hydrogen (secondary N) is 1. The zero-order chi connectivity index (χ0) is 17.5. The van der Waals surface area contributed by atoms with Crippen LogP contribution in [0.1, 0.15) is 21.7 Å². The van der Waals surface area contributed by atoms with Crippen molar-refractivity contribution >= 4 is 34.2 Å². The van der Waals surface area contributed by atoms with Crippen molar-refractivity contribution in [1.29, 1.82) is 0 Å². The zero-order valence-corrected chi connectivity index (χ0v) is 13.1. The Morgan fingerprint density at radius 2 is 1.92 bits per heavy atom. The highest BCUT2D eigenvalue weighted by Crippen LogP contribution is 2.34. The number of aryl methyl sites for hydroxylation is 1. The van der Waals surface area contributed by atoms with E-state index in [-0.39, 0.29) is 16.5 Å². The molecule has 0 saturated heterocycles. The van der Waals surface area contributed by atoms with Crippen molar-refractivity contribution in [3.63, 3.8) is 0 Å². The molecule has 0 spiro atoms. The monoisotopic (exact) mass is 353 g/mol. The summed E-state index contributed by atoms with van der Waals surface area (Å²) in [7, 11) is 0. The lowest BCUT2D eigenvalue weighted by Gasteiger charge is -2.10. The van der Waals surface area contributed by atoms with Gasteiger partial charge in [-0.2, -0.15) is 13.2 Å². The van der Waals surface area contributed by atoms with E-state index in [0.717, 1.165) is 29.1 Å². The maximum absolute atomic E-state index is 12.8. The maximum atomic E-state index is 12.8. The molecule has 0 bridgehead atoms. The van der Waals surface area contributed by atoms with Gasteiger partial charge < -0.3 is 9.73 Å². The first-order valence-electron chi connectivity index (χ1n) is 6.93. The molecule has 1 amide bonds. The van der Waals surface area contributed by atoms with Crippen molar-refractivity contribution in [3.8, 4) is 0 Å². The van der Waals surface area contributed by atoms with Gasteiger partial charge in [-0.1, -0.05) is 29.8 Å². The number of hydrogen-bond donors (Lipinski definition) is 1. The van der Waals surface area contributed by atoms with Crippen LogP contribution in [0.5, 0.6) is 0 Å². The second kappa shape index (κ2) is 5.87. The molecule has 24 heavy (non-hydrogen) atoms. The fraction of sp³-hybridized carbons (Fsp3) is 0.118. The first-order valence-corrected chi connectivity index (χ1v) is 7.31. The standard InChI is InChI=1S/C17H11ClF3NO2/c1-9-3-2-4-10-7-14(24-15(9)10)16(23)22-13-8-11(17(19,20)21)5-6-12(13)18/h2-8H,1H3,(H,22,23). The Balaban J connectivity index is 1.92. The van der Waals surface area contributed by atoms with Crippen LogP contribution in [0, 0.1) is 6.92 Å². The third-order valence-corrected chi connectivity index (χ3v) is 3.84. The number of alkyl halides is 3. The summed E-state index contributed by atoms with van der Waals surface area (Å²) in [6.07, 6.45) is -4.53. The Hall–Kier alpha value is -2.47. The van der Waals surface area contributed by atoms with E-state index in [9.17, 15) is 18.0 Å². The van der Waals surface area contributed by atoms with Gasteiger partial charge in [-0.15, -0.1) is 0 Å². The Labute approximate surface area is 140 Å². The van der Waals surface area contributed by atoms with Gasteiger partial charge in [-0.3, -0.25) is 4.79 Å². The first kappa shape index (κ1) is 16.4. The number of para-hydroxylation sites is 1. The minimum atomic E-state index is -4.53. The number of carbonyl (C=O) groups is 1. The van der Waals surface area contributed by atoms with Crippen LogP contribution in [0.25, 0.3) is 11.0 Å². The molecule has 0 aliphatic rings. The van der Waals surface area contributed by atoms with E-state index in [1.165, 1.54) is 6.07 Å². The number of furan rings is 1. The minimum Gasteiger partial charge on any atom is -0.451 e. The molecule has 1 heterocycles. The lowest BCUT2D eigenvalue weighted by molar-refractivity contribution is -0.137. The van der Waals surface area contributed by atoms with E-state index in [1.807, 2.05) is 19.1 Å². The maximum Gasteiger partial charge on any atom is 0.416 e. The predicted molar refractivity (Wildman–Crippen MR) is 85.4 cm³/mol. The number of rotatable bonds is 2. The van der Waals surface area contributed by atoms with Crippen molar-refractivity contribution in [3.05, 3.63) is 64.4 Å². The Bertz CT molecular complexity index is 931. The number of hydrogen-bond acceptors (Lipinski definition) is 2. The first-order chi connectivity index (χ1) is 11.3. The smallest absolute Gasteiger partial charge is 0.416 e. The van der Waals surface area contributed by atoms with Crippen molar-refractivity contribution in [2.45, 2.75) is 13.1 Å². The van der Waals surface area contributed by atoms with Gasteiger partial charge in [0.2, 0.25) is 0 Å². The second-order valence-electron chi connectivity index (χ2n) is 5.25. The van der Waals surface area contributed by atoms with Crippen molar-refractivity contribution in [1.82, 2.24) is 0 Å². The van der Waals surface area contributed by atoms with E-state index in [2.05, 4.69) is 5.32 Å². The highest BCUT2D eigenvalue weighted by Gasteiger charge is 2.31. The molecule has 0 aliphatic carbocycles. The Morgan fingerprint density at radius 3 is 2.58 bits per heavy atom. The van der Waals surface area contributed by atoms with Crippen LogP contribution >= 0.6 is 11.6 Å². The Kier molecular flexibility index (Phi) is 4.01. The molecular weight excluding hydrogens is 343 g/mol. The predicted octanol–water partition coefficient (Wildman–Crippen LogP) is 5.67. The van der Waals surface area contributed by atoms with Gasteiger partial charge in [0.15, 0.2) is 5.76 Å². The van der Waals surface area contributed by atoms with E-state index < -0.39 is 17.6 Å². The number of halogens is 4. The minimum absolute atomic E-state index is 0.00337. The average Bonchev–Trinajstić information content (AvgIpc) is 2.94. The molecule has 0 saturated carbocycles. The van der Waals surface area contributed by atoms with Crippen molar-refractivity contribution in [2.24, 2.45) is 0 Å². The van der Waals surface area contributed by atoms with Gasteiger partial charge in [0, 0.05) is 5.39 Å². The molecule has 0 fully saturated rings. The molecule has 7 heteroatoms. The van der Waals surface area contributed by atoms with E-state index in [1.54, 1.807) is 6.07 Å². The van der Waals surface area contributed by atoms with Gasteiger partial charge in [-0.25, -0.2) is 0 Å². The lowest BCUT2D eigenvalue weighted by atomic mass is 10.2. The molecule has 3 nitrogen and oxygen atoms in total. The Morgan fingerprint density at radius 1 is 1.17 bits per heavy atom. The zero-order valence-electron chi connectivity index (χ0n) is 12.4. The van der Waals surface area contributed by atoms with Crippen LogP contribution in [0.15, 0.2) is 46.9 Å². The van der Waals surface area contributed by atoms with E-state index >= 15 is 0 Å². The van der Waals surface area contributed by atoms with E-state index in [0.29, 0.717) is 5.58 Å². The normalized spacial score (nSPS) is 11.7. The second-order valence-corrected chi connectivity index (χ2v) is 5.66. The van der Waals surface area contributed by atoms with Crippen LogP contribution in [-0.4, -0.2) is 5.91 Å². The largest absolute Gasteiger partial charge is 0.451 e. The van der Waals surface area contributed by atoms with Gasteiger partial charge in [0.05, 0.1) is 16.3 Å². The summed E-state index contributed by atoms with van der Waals surface area (Å²) in [5, 5.41) is 3.09. The van der Waals surface area contributed by atoms with E-state index in [4.69, 9.17) is 16.0 Å². The molecule has 1 aromatic heterocycles. The molecule has 1 N–H and O–H groups in total. The van der Waals surface area contributed by atoms with Crippen LogP contribution in [0.3, 0.4) is 0 Å². The molecule has 124 valence electrons. The van der Waals surface area contributed by atoms with Crippen LogP contribution < -0.4 is 5.32 Å². The fourth-order valence-corrected chi connectivity index (χ4v) is 2.47. The van der Waals surface area contributed by atoms with Crippen molar-refractivity contribution in [2.75, 3.05) is 5.32 Å². The summed E-state index contributed by atoms with van der Waals surface area (Å²) < 4.78 is 43.8. The molecular formula is C17H11ClF3NO2. The summed E-state index contributed by atoms with van der Waals surface area (Å²) in [6, 6.07) is 9.67. The number of amides is 1. The molecule has 3 aromatic rings. The summed E-state index contributed by atoms with van der Waals surface area (Å²) in [4.78, 5) is 12.3.